The lowest BCUT2D eigenvalue weighted by Crippen LogP contribution is -2.34. The number of aromatic nitrogens is 2. The molecular weight excluding hydrogens is 360 g/mol. The fourth-order valence-corrected chi connectivity index (χ4v) is 4.10. The highest BCUT2D eigenvalue weighted by Gasteiger charge is 2.34. The van der Waals surface area contributed by atoms with E-state index in [1.165, 1.54) is 11.1 Å². The minimum absolute atomic E-state index is 0.0314. The lowest BCUT2D eigenvalue weighted by Gasteiger charge is -2.21. The van der Waals surface area contributed by atoms with Gasteiger partial charge in [0.05, 0.1) is 11.3 Å². The molecule has 1 aromatic heterocycles. The maximum absolute atomic E-state index is 13.5. The molecule has 1 fully saturated rings. The quantitative estimate of drug-likeness (QED) is 0.736. The van der Waals surface area contributed by atoms with E-state index < -0.39 is 0 Å². The first kappa shape index (κ1) is 19.4. The van der Waals surface area contributed by atoms with E-state index >= 15 is 0 Å². The molecular formula is C24H28N4O. The van der Waals surface area contributed by atoms with Crippen LogP contribution in [0.2, 0.25) is 0 Å². The summed E-state index contributed by atoms with van der Waals surface area (Å²) in [6.45, 7) is 7.60. The monoisotopic (exact) mass is 388 g/mol. The van der Waals surface area contributed by atoms with Crippen LogP contribution in [0.1, 0.15) is 34.8 Å². The zero-order valence-electron chi connectivity index (χ0n) is 17.3. The van der Waals surface area contributed by atoms with Crippen LogP contribution in [0.5, 0.6) is 0 Å². The molecule has 5 nitrogen and oxygen atoms in total. The summed E-state index contributed by atoms with van der Waals surface area (Å²) in [7, 11) is 0. The van der Waals surface area contributed by atoms with Gasteiger partial charge in [-0.2, -0.15) is 5.10 Å². The molecule has 150 valence electrons. The van der Waals surface area contributed by atoms with Crippen LogP contribution in [0.25, 0.3) is 16.9 Å². The van der Waals surface area contributed by atoms with Gasteiger partial charge in [-0.05, 0) is 69.0 Å². The fraction of sp³-hybridized carbons (Fsp3) is 0.333. The van der Waals surface area contributed by atoms with E-state index in [0.717, 1.165) is 23.4 Å². The first-order valence-electron chi connectivity index (χ1n) is 10.2. The number of carbonyl (C=O) groups is 1. The van der Waals surface area contributed by atoms with Gasteiger partial charge in [0.25, 0.3) is 5.91 Å². The van der Waals surface area contributed by atoms with Crippen LogP contribution in [-0.2, 0) is 0 Å². The van der Waals surface area contributed by atoms with E-state index in [1.807, 2.05) is 47.5 Å². The van der Waals surface area contributed by atoms with Gasteiger partial charge in [0.1, 0.15) is 5.69 Å². The molecule has 1 saturated heterocycles. The van der Waals surface area contributed by atoms with Gasteiger partial charge in [0.2, 0.25) is 0 Å². The van der Waals surface area contributed by atoms with Crippen molar-refractivity contribution in [3.8, 4) is 16.9 Å². The smallest absolute Gasteiger partial charge is 0.257 e. The molecule has 0 saturated carbocycles. The summed E-state index contributed by atoms with van der Waals surface area (Å²) >= 11 is 0. The Bertz CT molecular complexity index is 1020. The average Bonchev–Trinajstić information content (AvgIpc) is 3.34. The highest BCUT2D eigenvalue weighted by Crippen LogP contribution is 2.30. The molecule has 3 aromatic rings. The average molecular weight is 389 g/mol. The molecule has 29 heavy (non-hydrogen) atoms. The Morgan fingerprint density at radius 3 is 2.55 bits per heavy atom. The predicted octanol–water partition coefficient (Wildman–Crippen LogP) is 3.97. The van der Waals surface area contributed by atoms with E-state index in [4.69, 9.17) is 10.8 Å². The van der Waals surface area contributed by atoms with Crippen molar-refractivity contribution in [2.45, 2.75) is 33.2 Å². The van der Waals surface area contributed by atoms with Gasteiger partial charge in [-0.25, -0.2) is 4.68 Å². The number of likely N-dealkylation sites (tertiary alicyclic amines) is 1. The van der Waals surface area contributed by atoms with Gasteiger partial charge >= 0.3 is 0 Å². The van der Waals surface area contributed by atoms with Crippen LogP contribution in [0.4, 0.5) is 0 Å². The molecule has 0 spiro atoms. The second kappa shape index (κ2) is 7.84. The topological polar surface area (TPSA) is 64.2 Å². The summed E-state index contributed by atoms with van der Waals surface area (Å²) in [4.78, 5) is 15.5. The summed E-state index contributed by atoms with van der Waals surface area (Å²) in [5, 5.41) is 4.82. The lowest BCUT2D eigenvalue weighted by atomic mass is 10.0. The summed E-state index contributed by atoms with van der Waals surface area (Å²) < 4.78 is 1.80. The Kier molecular flexibility index (Phi) is 5.24. The molecule has 2 N–H and O–H groups in total. The second-order valence-corrected chi connectivity index (χ2v) is 8.11. The molecule has 1 aliphatic heterocycles. The molecule has 2 unspecified atom stereocenters. The van der Waals surface area contributed by atoms with Crippen LogP contribution in [0, 0.1) is 19.8 Å². The number of aryl methyl sites for hydroxylation is 2. The van der Waals surface area contributed by atoms with Crippen LogP contribution in [0.15, 0.2) is 54.7 Å². The number of rotatable bonds is 4. The third-order valence-electron chi connectivity index (χ3n) is 6.00. The second-order valence-electron chi connectivity index (χ2n) is 8.11. The van der Waals surface area contributed by atoms with E-state index in [9.17, 15) is 4.79 Å². The van der Waals surface area contributed by atoms with Gasteiger partial charge in [-0.15, -0.1) is 0 Å². The number of nitrogens with zero attached hydrogens (tertiary/aromatic N) is 3. The van der Waals surface area contributed by atoms with Crippen molar-refractivity contribution in [2.75, 3.05) is 13.1 Å². The fourth-order valence-electron chi connectivity index (χ4n) is 4.10. The molecule has 1 aliphatic rings. The number of carbonyl (C=O) groups excluding carboxylic acids is 1. The van der Waals surface area contributed by atoms with Gasteiger partial charge in [-0.1, -0.05) is 30.3 Å². The molecule has 0 bridgehead atoms. The number of hydrogen-bond acceptors (Lipinski definition) is 3. The zero-order chi connectivity index (χ0) is 20.5. The van der Waals surface area contributed by atoms with E-state index in [2.05, 4.69) is 32.9 Å². The van der Waals surface area contributed by atoms with Gasteiger partial charge in [0.15, 0.2) is 0 Å². The van der Waals surface area contributed by atoms with Crippen molar-refractivity contribution >= 4 is 5.91 Å². The van der Waals surface area contributed by atoms with Crippen LogP contribution >= 0.6 is 0 Å². The highest BCUT2D eigenvalue weighted by atomic mass is 16.2. The Morgan fingerprint density at radius 1 is 1.14 bits per heavy atom. The normalized spacial score (nSPS) is 19.0. The summed E-state index contributed by atoms with van der Waals surface area (Å²) in [6.07, 6.45) is 2.82. The number of hydrogen-bond donors (Lipinski definition) is 1. The Hall–Kier alpha value is -2.92. The molecule has 0 aliphatic carbocycles. The molecule has 4 rings (SSSR count). The Balaban J connectivity index is 1.80. The van der Waals surface area contributed by atoms with Gasteiger partial charge in [0, 0.05) is 24.3 Å². The van der Waals surface area contributed by atoms with Crippen molar-refractivity contribution in [2.24, 2.45) is 11.7 Å². The van der Waals surface area contributed by atoms with Crippen molar-refractivity contribution in [1.82, 2.24) is 14.7 Å². The van der Waals surface area contributed by atoms with Crippen molar-refractivity contribution in [1.29, 1.82) is 0 Å². The lowest BCUT2D eigenvalue weighted by molar-refractivity contribution is 0.0744. The third kappa shape index (κ3) is 3.70. The summed E-state index contributed by atoms with van der Waals surface area (Å²) in [5.41, 5.74) is 11.6. The highest BCUT2D eigenvalue weighted by molar-refractivity contribution is 6.00. The first-order chi connectivity index (χ1) is 14.0. The Labute approximate surface area is 172 Å². The standard InChI is InChI=1S/C24H28N4O/c1-16-9-10-20(11-17(16)2)23-22(15-28(26-23)21-7-5-4-6-8-21)24(29)27-14-19(13-25)12-18(27)3/h4-11,15,18-19H,12-14,25H2,1-3H3. The van der Waals surface area contributed by atoms with Crippen LogP contribution < -0.4 is 5.73 Å². The maximum atomic E-state index is 13.5. The van der Waals surface area contributed by atoms with E-state index in [0.29, 0.717) is 24.6 Å². The minimum Gasteiger partial charge on any atom is -0.335 e. The molecule has 1 amide bonds. The van der Waals surface area contributed by atoms with Crippen molar-refractivity contribution in [3.05, 3.63) is 71.4 Å². The number of nitrogens with two attached hydrogens (primary N) is 1. The summed E-state index contributed by atoms with van der Waals surface area (Å²) in [6, 6.07) is 16.3. The number of amides is 1. The molecule has 0 radical (unpaired) electrons. The zero-order valence-corrected chi connectivity index (χ0v) is 17.3. The largest absolute Gasteiger partial charge is 0.335 e. The number of para-hydroxylation sites is 1. The third-order valence-corrected chi connectivity index (χ3v) is 6.00. The molecule has 2 aromatic carbocycles. The van der Waals surface area contributed by atoms with Crippen molar-refractivity contribution < 1.29 is 4.79 Å². The Morgan fingerprint density at radius 2 is 1.90 bits per heavy atom. The molecule has 2 heterocycles. The van der Waals surface area contributed by atoms with Crippen molar-refractivity contribution in [3.63, 3.8) is 0 Å². The molecule has 5 heteroatoms. The number of benzene rings is 2. The minimum atomic E-state index is 0.0314. The first-order valence-corrected chi connectivity index (χ1v) is 10.2. The maximum Gasteiger partial charge on any atom is 0.257 e. The van der Waals surface area contributed by atoms with E-state index in [1.54, 1.807) is 4.68 Å². The van der Waals surface area contributed by atoms with Gasteiger partial charge < -0.3 is 10.6 Å². The molecule has 2 atom stereocenters. The van der Waals surface area contributed by atoms with Crippen LogP contribution in [0.3, 0.4) is 0 Å². The van der Waals surface area contributed by atoms with E-state index in [-0.39, 0.29) is 11.9 Å². The summed E-state index contributed by atoms with van der Waals surface area (Å²) in [5.74, 6) is 0.395. The SMILES string of the molecule is Cc1ccc(-c2nn(-c3ccccc3)cc2C(=O)N2CC(CN)CC2C)cc1C. The van der Waals surface area contributed by atoms with Crippen LogP contribution in [-0.4, -0.2) is 39.7 Å². The predicted molar refractivity (Wildman–Crippen MR) is 116 cm³/mol. The van der Waals surface area contributed by atoms with Gasteiger partial charge in [-0.3, -0.25) is 4.79 Å².